The summed E-state index contributed by atoms with van der Waals surface area (Å²) in [6.45, 7) is 3.22. The van der Waals surface area contributed by atoms with E-state index < -0.39 is 0 Å². The summed E-state index contributed by atoms with van der Waals surface area (Å²) in [6.07, 6.45) is 12.5. The fraction of sp³-hybridized carbons (Fsp3) is 0.588. The maximum Gasteiger partial charge on any atom is 0.227 e. The maximum atomic E-state index is 13.1. The van der Waals surface area contributed by atoms with Gasteiger partial charge in [0.2, 0.25) is 5.91 Å². The average molecular weight is 341 g/mol. The van der Waals surface area contributed by atoms with Crippen molar-refractivity contribution in [3.63, 3.8) is 0 Å². The summed E-state index contributed by atoms with van der Waals surface area (Å²) in [4.78, 5) is 29.8. The topological polar surface area (TPSA) is 80.0 Å². The second kappa shape index (κ2) is 7.16. The van der Waals surface area contributed by atoms with Crippen LogP contribution in [-0.4, -0.2) is 61.7 Å². The van der Waals surface area contributed by atoms with Gasteiger partial charge in [0.25, 0.3) is 0 Å². The summed E-state index contributed by atoms with van der Waals surface area (Å²) in [5, 5.41) is 4.24. The molecule has 132 valence electrons. The number of amides is 1. The Morgan fingerprint density at radius 2 is 2.00 bits per heavy atom. The normalized spacial score (nSPS) is 24.3. The number of nitrogens with zero attached hydrogens (tertiary/aromatic N) is 7. The number of hydrogen-bond acceptors (Lipinski definition) is 6. The van der Waals surface area contributed by atoms with E-state index in [-0.39, 0.29) is 17.9 Å². The zero-order chi connectivity index (χ0) is 17.1. The third-order valence-electron chi connectivity index (χ3n) is 5.16. The number of rotatable bonds is 3. The monoisotopic (exact) mass is 341 g/mol. The molecule has 2 aliphatic rings. The molecule has 0 unspecified atom stereocenters. The Morgan fingerprint density at radius 3 is 2.80 bits per heavy atom. The quantitative estimate of drug-likeness (QED) is 0.833. The zero-order valence-electron chi connectivity index (χ0n) is 14.2. The van der Waals surface area contributed by atoms with Gasteiger partial charge in [-0.2, -0.15) is 5.10 Å². The first-order valence-electron chi connectivity index (χ1n) is 8.95. The van der Waals surface area contributed by atoms with Gasteiger partial charge in [-0.15, -0.1) is 0 Å². The maximum absolute atomic E-state index is 13.1. The van der Waals surface area contributed by atoms with Crippen LogP contribution in [0.25, 0.3) is 0 Å². The Bertz CT molecular complexity index is 690. The molecule has 1 amide bonds. The van der Waals surface area contributed by atoms with Crippen LogP contribution in [0.5, 0.6) is 0 Å². The Labute approximate surface area is 146 Å². The first-order valence-corrected chi connectivity index (χ1v) is 8.95. The molecule has 25 heavy (non-hydrogen) atoms. The van der Waals surface area contributed by atoms with E-state index in [2.05, 4.69) is 25.0 Å². The standard InChI is InChI=1S/C17H23N7O/c25-17(23-8-2-4-15(11-23)24-13-19-12-21-24)14-3-1-7-22(10-14)16-9-18-5-6-20-16/h5-6,9,12-15H,1-4,7-8,10-11H2/t14-,15+/m0/s1. The van der Waals surface area contributed by atoms with Crippen LogP contribution in [0, 0.1) is 5.92 Å². The molecule has 0 aromatic carbocycles. The predicted molar refractivity (Wildman–Crippen MR) is 91.8 cm³/mol. The van der Waals surface area contributed by atoms with Crippen molar-refractivity contribution in [3.8, 4) is 0 Å². The van der Waals surface area contributed by atoms with E-state index in [9.17, 15) is 4.79 Å². The van der Waals surface area contributed by atoms with Gasteiger partial charge in [0, 0.05) is 38.6 Å². The molecule has 2 saturated heterocycles. The van der Waals surface area contributed by atoms with Gasteiger partial charge in [-0.1, -0.05) is 0 Å². The highest BCUT2D eigenvalue weighted by Crippen LogP contribution is 2.26. The van der Waals surface area contributed by atoms with Crippen molar-refractivity contribution in [3.05, 3.63) is 31.2 Å². The van der Waals surface area contributed by atoms with Gasteiger partial charge in [0.15, 0.2) is 0 Å². The van der Waals surface area contributed by atoms with Crippen LogP contribution in [0.1, 0.15) is 31.7 Å². The summed E-state index contributed by atoms with van der Waals surface area (Å²) in [7, 11) is 0. The highest BCUT2D eigenvalue weighted by Gasteiger charge is 2.33. The molecular formula is C17H23N7O. The van der Waals surface area contributed by atoms with Gasteiger partial charge in [-0.25, -0.2) is 14.6 Å². The van der Waals surface area contributed by atoms with Crippen LogP contribution in [0.2, 0.25) is 0 Å². The molecule has 0 spiro atoms. The van der Waals surface area contributed by atoms with Gasteiger partial charge < -0.3 is 9.80 Å². The predicted octanol–water partition coefficient (Wildman–Crippen LogP) is 1.15. The summed E-state index contributed by atoms with van der Waals surface area (Å²) < 4.78 is 1.88. The van der Waals surface area contributed by atoms with Crippen LogP contribution >= 0.6 is 0 Å². The van der Waals surface area contributed by atoms with Crippen molar-refractivity contribution >= 4 is 11.7 Å². The van der Waals surface area contributed by atoms with Gasteiger partial charge >= 0.3 is 0 Å². The number of likely N-dealkylation sites (tertiary alicyclic amines) is 1. The van der Waals surface area contributed by atoms with E-state index in [4.69, 9.17) is 0 Å². The number of piperidine rings is 2. The largest absolute Gasteiger partial charge is 0.355 e. The second-order valence-corrected chi connectivity index (χ2v) is 6.80. The van der Waals surface area contributed by atoms with Crippen LogP contribution in [0.15, 0.2) is 31.2 Å². The molecule has 2 aromatic rings. The smallest absolute Gasteiger partial charge is 0.227 e. The van der Waals surface area contributed by atoms with Crippen molar-refractivity contribution in [2.45, 2.75) is 31.7 Å². The van der Waals surface area contributed by atoms with E-state index in [0.29, 0.717) is 0 Å². The number of hydrogen-bond donors (Lipinski definition) is 0. The first kappa shape index (κ1) is 16.0. The third-order valence-corrected chi connectivity index (χ3v) is 5.16. The third kappa shape index (κ3) is 3.47. The zero-order valence-corrected chi connectivity index (χ0v) is 14.2. The minimum absolute atomic E-state index is 0.0326. The van der Waals surface area contributed by atoms with Gasteiger partial charge in [0.1, 0.15) is 18.5 Å². The first-order chi connectivity index (χ1) is 12.3. The molecule has 0 bridgehead atoms. The van der Waals surface area contributed by atoms with Crippen molar-refractivity contribution in [1.82, 2.24) is 29.6 Å². The molecule has 2 aromatic heterocycles. The van der Waals surface area contributed by atoms with Crippen LogP contribution in [-0.2, 0) is 4.79 Å². The molecule has 0 radical (unpaired) electrons. The van der Waals surface area contributed by atoms with Gasteiger partial charge in [-0.3, -0.25) is 9.78 Å². The van der Waals surface area contributed by atoms with Gasteiger partial charge in [-0.05, 0) is 25.7 Å². The molecule has 0 saturated carbocycles. The summed E-state index contributed by atoms with van der Waals surface area (Å²) in [5.41, 5.74) is 0. The summed E-state index contributed by atoms with van der Waals surface area (Å²) >= 11 is 0. The van der Waals surface area contributed by atoms with E-state index in [1.54, 1.807) is 31.2 Å². The van der Waals surface area contributed by atoms with Crippen molar-refractivity contribution in [1.29, 1.82) is 0 Å². The molecule has 8 heteroatoms. The molecule has 4 heterocycles. The molecule has 2 aliphatic heterocycles. The van der Waals surface area contributed by atoms with Crippen molar-refractivity contribution in [2.24, 2.45) is 5.92 Å². The molecular weight excluding hydrogens is 318 g/mol. The summed E-state index contributed by atoms with van der Waals surface area (Å²) in [6, 6.07) is 0.236. The van der Waals surface area contributed by atoms with Gasteiger partial charge in [0.05, 0.1) is 18.2 Å². The second-order valence-electron chi connectivity index (χ2n) is 6.80. The number of carbonyl (C=O) groups excluding carboxylic acids is 1. The summed E-state index contributed by atoms with van der Waals surface area (Å²) in [5.74, 6) is 1.16. The lowest BCUT2D eigenvalue weighted by molar-refractivity contribution is -0.137. The Hall–Kier alpha value is -2.51. The average Bonchev–Trinajstić information content (AvgIpc) is 3.23. The van der Waals surface area contributed by atoms with Crippen LogP contribution in [0.3, 0.4) is 0 Å². The Morgan fingerprint density at radius 1 is 1.08 bits per heavy atom. The molecule has 0 N–H and O–H groups in total. The highest BCUT2D eigenvalue weighted by atomic mass is 16.2. The molecule has 2 atom stereocenters. The van der Waals surface area contributed by atoms with Crippen LogP contribution in [0.4, 0.5) is 5.82 Å². The van der Waals surface area contributed by atoms with E-state index in [1.165, 1.54) is 0 Å². The van der Waals surface area contributed by atoms with E-state index in [0.717, 1.165) is 57.7 Å². The minimum Gasteiger partial charge on any atom is -0.355 e. The lowest BCUT2D eigenvalue weighted by Crippen LogP contribution is -2.48. The molecule has 2 fully saturated rings. The van der Waals surface area contributed by atoms with Crippen molar-refractivity contribution in [2.75, 3.05) is 31.1 Å². The fourth-order valence-corrected chi connectivity index (χ4v) is 3.88. The Balaban J connectivity index is 1.41. The SMILES string of the molecule is O=C([C@H]1CCCN(c2cnccn2)C1)N1CCC[C@@H](n2cncn2)C1. The molecule has 8 nitrogen and oxygen atoms in total. The minimum atomic E-state index is 0.0326. The Kier molecular flexibility index (Phi) is 4.58. The highest BCUT2D eigenvalue weighted by molar-refractivity contribution is 5.80. The van der Waals surface area contributed by atoms with E-state index in [1.807, 2.05) is 9.58 Å². The van der Waals surface area contributed by atoms with Crippen molar-refractivity contribution < 1.29 is 4.79 Å². The van der Waals surface area contributed by atoms with Crippen LogP contribution < -0.4 is 4.90 Å². The fourth-order valence-electron chi connectivity index (χ4n) is 3.88. The molecule has 0 aliphatic carbocycles. The number of carbonyl (C=O) groups is 1. The van der Waals surface area contributed by atoms with E-state index >= 15 is 0 Å². The number of anilines is 1. The molecule has 4 rings (SSSR count). The lowest BCUT2D eigenvalue weighted by Gasteiger charge is -2.38. The number of aromatic nitrogens is 5. The lowest BCUT2D eigenvalue weighted by atomic mass is 9.95.